The summed E-state index contributed by atoms with van der Waals surface area (Å²) in [5, 5.41) is 3.10. The lowest BCUT2D eigenvalue weighted by atomic mass is 10.3. The van der Waals surface area contributed by atoms with Crippen molar-refractivity contribution in [1.82, 2.24) is 0 Å². The third kappa shape index (κ3) is 2.99. The van der Waals surface area contributed by atoms with Crippen LogP contribution in [0.1, 0.15) is 6.42 Å². The fourth-order valence-corrected chi connectivity index (χ4v) is 2.77. The molecule has 0 bridgehead atoms. The second kappa shape index (κ2) is 5.65. The van der Waals surface area contributed by atoms with Gasteiger partial charge in [-0.3, -0.25) is 0 Å². The fraction of sp³-hybridized carbons (Fsp3) is 0.273. The first-order valence-corrected chi connectivity index (χ1v) is 8.06. The van der Waals surface area contributed by atoms with Crippen LogP contribution in [-0.2, 0) is 0 Å². The van der Waals surface area contributed by atoms with Crippen molar-refractivity contribution < 1.29 is 0 Å². The molecular weight excluding hydrogens is 295 g/mol. The van der Waals surface area contributed by atoms with Crippen LogP contribution in [0, 0.1) is 0 Å². The van der Waals surface area contributed by atoms with Gasteiger partial charge in [0.25, 0.3) is 0 Å². The normalized spacial score (nSPS) is 14.8. The van der Waals surface area contributed by atoms with Crippen molar-refractivity contribution in [3.63, 3.8) is 0 Å². The Hall–Kier alpha value is -0.160. The van der Waals surface area contributed by atoms with Crippen LogP contribution in [0.2, 0.25) is 10.0 Å². The smallest absolute Gasteiger partial charge is 0.0912 e. The van der Waals surface area contributed by atoms with Crippen molar-refractivity contribution in [2.24, 2.45) is 9.98 Å². The number of benzene rings is 1. The molecule has 1 aliphatic heterocycles. The van der Waals surface area contributed by atoms with E-state index in [1.54, 1.807) is 35.7 Å². The number of halogens is 2. The van der Waals surface area contributed by atoms with Gasteiger partial charge in [0.2, 0.25) is 0 Å². The molecule has 0 saturated heterocycles. The number of hydrogen-bond acceptors (Lipinski definition) is 4. The van der Waals surface area contributed by atoms with Crippen molar-refractivity contribution in [2.45, 2.75) is 6.42 Å². The molecule has 0 amide bonds. The van der Waals surface area contributed by atoms with E-state index in [0.717, 1.165) is 27.9 Å². The van der Waals surface area contributed by atoms with Crippen molar-refractivity contribution in [3.8, 4) is 0 Å². The summed E-state index contributed by atoms with van der Waals surface area (Å²) >= 11 is 15.3. The third-order valence-electron chi connectivity index (χ3n) is 2.28. The van der Waals surface area contributed by atoms with E-state index >= 15 is 0 Å². The second-order valence-corrected chi connectivity index (χ2v) is 5.92. The van der Waals surface area contributed by atoms with Gasteiger partial charge in [-0.1, -0.05) is 23.2 Å². The van der Waals surface area contributed by atoms with Crippen molar-refractivity contribution >= 4 is 68.2 Å². The number of hydrogen-bond donors (Lipinski definition) is 0. The topological polar surface area (TPSA) is 24.7 Å². The van der Waals surface area contributed by atoms with Gasteiger partial charge < -0.3 is 0 Å². The lowest BCUT2D eigenvalue weighted by molar-refractivity contribution is 1.47. The Balaban J connectivity index is 2.59. The van der Waals surface area contributed by atoms with Gasteiger partial charge in [-0.25, -0.2) is 9.98 Å². The summed E-state index contributed by atoms with van der Waals surface area (Å²) in [6.07, 6.45) is 4.80. The van der Waals surface area contributed by atoms with E-state index in [2.05, 4.69) is 9.98 Å². The van der Waals surface area contributed by atoms with E-state index < -0.39 is 0 Å². The molecule has 90 valence electrons. The van der Waals surface area contributed by atoms with E-state index in [1.165, 1.54) is 0 Å². The molecule has 1 aromatic carbocycles. The summed E-state index contributed by atoms with van der Waals surface area (Å²) in [6.45, 7) is 0. The van der Waals surface area contributed by atoms with Crippen molar-refractivity contribution in [2.75, 3.05) is 12.5 Å². The van der Waals surface area contributed by atoms with Gasteiger partial charge in [-0.2, -0.15) is 0 Å². The molecular formula is C11H10Cl2N2S2. The highest BCUT2D eigenvalue weighted by molar-refractivity contribution is 8.15. The summed E-state index contributed by atoms with van der Waals surface area (Å²) in [5.74, 6) is 0. The minimum Gasteiger partial charge on any atom is -0.244 e. The summed E-state index contributed by atoms with van der Waals surface area (Å²) in [4.78, 5) is 9.13. The highest BCUT2D eigenvalue weighted by Crippen LogP contribution is 2.39. The molecule has 6 heteroatoms. The minimum absolute atomic E-state index is 0.512. The Morgan fingerprint density at radius 2 is 1.35 bits per heavy atom. The summed E-state index contributed by atoms with van der Waals surface area (Å²) in [7, 11) is 0. The SMILES string of the molecule is CSC1=Nc2cc(Cl)c(Cl)cc2N=C(SC)C1. The molecule has 1 heterocycles. The quantitative estimate of drug-likeness (QED) is 0.659. The molecule has 0 atom stereocenters. The monoisotopic (exact) mass is 304 g/mol. The molecule has 0 saturated carbocycles. The van der Waals surface area contributed by atoms with E-state index in [4.69, 9.17) is 23.2 Å². The van der Waals surface area contributed by atoms with Crippen molar-refractivity contribution in [3.05, 3.63) is 22.2 Å². The highest BCUT2D eigenvalue weighted by Gasteiger charge is 2.14. The van der Waals surface area contributed by atoms with Gasteiger partial charge in [0.05, 0.1) is 31.5 Å². The van der Waals surface area contributed by atoms with Crippen LogP contribution < -0.4 is 0 Å². The average molecular weight is 305 g/mol. The standard InChI is InChI=1S/C11H10Cl2N2S2/c1-16-10-5-11(17-2)15-9-4-7(13)6(12)3-8(9)14-10/h3-4H,5H2,1-2H3. The fourth-order valence-electron chi connectivity index (χ4n) is 1.42. The Morgan fingerprint density at radius 3 is 1.71 bits per heavy atom. The minimum atomic E-state index is 0.512. The number of fused-ring (bicyclic) bond motifs is 1. The first-order valence-electron chi connectivity index (χ1n) is 4.86. The first-order chi connectivity index (χ1) is 8.13. The zero-order valence-corrected chi connectivity index (χ0v) is 12.5. The number of aliphatic imine (C=N–C) groups is 2. The van der Waals surface area contributed by atoms with Crippen LogP contribution >= 0.6 is 46.7 Å². The molecule has 0 fully saturated rings. The number of nitrogens with zero attached hydrogens (tertiary/aromatic N) is 2. The summed E-state index contributed by atoms with van der Waals surface area (Å²) in [6, 6.07) is 3.53. The predicted octanol–water partition coefficient (Wildman–Crippen LogP) is 5.18. The van der Waals surface area contributed by atoms with Crippen LogP contribution in [0.5, 0.6) is 0 Å². The zero-order valence-electron chi connectivity index (χ0n) is 9.33. The van der Waals surface area contributed by atoms with Gasteiger partial charge >= 0.3 is 0 Å². The van der Waals surface area contributed by atoms with Gasteiger partial charge in [-0.05, 0) is 24.6 Å². The van der Waals surface area contributed by atoms with Gasteiger partial charge in [0.15, 0.2) is 0 Å². The maximum atomic E-state index is 6.00. The lowest BCUT2D eigenvalue weighted by Crippen LogP contribution is -1.98. The maximum absolute atomic E-state index is 6.00. The van der Waals surface area contributed by atoms with E-state index in [9.17, 15) is 0 Å². The number of thioether (sulfide) groups is 2. The van der Waals surface area contributed by atoms with Crippen LogP contribution in [0.3, 0.4) is 0 Å². The molecule has 0 unspecified atom stereocenters. The molecule has 1 aromatic rings. The van der Waals surface area contributed by atoms with Crippen LogP contribution in [0.4, 0.5) is 11.4 Å². The highest BCUT2D eigenvalue weighted by atomic mass is 35.5. The Morgan fingerprint density at radius 1 is 0.941 bits per heavy atom. The molecule has 0 aromatic heterocycles. The Labute approximate surface area is 119 Å². The molecule has 1 aliphatic rings. The lowest BCUT2D eigenvalue weighted by Gasteiger charge is -2.02. The van der Waals surface area contributed by atoms with E-state index in [-0.39, 0.29) is 0 Å². The van der Waals surface area contributed by atoms with Gasteiger partial charge in [0.1, 0.15) is 0 Å². The predicted molar refractivity (Wildman–Crippen MR) is 82.3 cm³/mol. The molecule has 2 nitrogen and oxygen atoms in total. The van der Waals surface area contributed by atoms with E-state index in [1.807, 2.05) is 12.5 Å². The van der Waals surface area contributed by atoms with Gasteiger partial charge in [-0.15, -0.1) is 23.5 Å². The summed E-state index contributed by atoms with van der Waals surface area (Å²) < 4.78 is 0. The van der Waals surface area contributed by atoms with Gasteiger partial charge in [0, 0.05) is 6.42 Å². The summed E-state index contributed by atoms with van der Waals surface area (Å²) in [5.41, 5.74) is 1.57. The maximum Gasteiger partial charge on any atom is 0.0912 e. The molecule has 0 N–H and O–H groups in total. The van der Waals surface area contributed by atoms with Crippen molar-refractivity contribution in [1.29, 1.82) is 0 Å². The molecule has 0 spiro atoms. The van der Waals surface area contributed by atoms with Crippen LogP contribution in [-0.4, -0.2) is 22.6 Å². The molecule has 2 rings (SSSR count). The largest absolute Gasteiger partial charge is 0.244 e. The molecule has 0 aliphatic carbocycles. The Bertz CT molecular complexity index is 467. The number of rotatable bonds is 0. The Kier molecular flexibility index (Phi) is 4.42. The van der Waals surface area contributed by atoms with Crippen LogP contribution in [0.25, 0.3) is 0 Å². The zero-order chi connectivity index (χ0) is 12.4. The average Bonchev–Trinajstić information content (AvgIpc) is 2.48. The molecule has 0 radical (unpaired) electrons. The van der Waals surface area contributed by atoms with E-state index in [0.29, 0.717) is 10.0 Å². The van der Waals surface area contributed by atoms with Crippen LogP contribution in [0.15, 0.2) is 22.1 Å². The third-order valence-corrected chi connectivity index (χ3v) is 4.42. The first kappa shape index (κ1) is 13.3. The molecule has 17 heavy (non-hydrogen) atoms. The second-order valence-electron chi connectivity index (χ2n) is 3.35.